The maximum Gasteiger partial charge on any atom is 0.258 e. The number of carbonyl (C=O) groups excluding carboxylic acids is 1. The van der Waals surface area contributed by atoms with E-state index in [0.717, 1.165) is 42.0 Å². The summed E-state index contributed by atoms with van der Waals surface area (Å²) in [6.07, 6.45) is 0.931. The van der Waals surface area contributed by atoms with Gasteiger partial charge in [-0.25, -0.2) is 0 Å². The highest BCUT2D eigenvalue weighted by atomic mass is 16.2. The smallest absolute Gasteiger partial charge is 0.258 e. The highest BCUT2D eigenvalue weighted by molar-refractivity contribution is 6.11. The van der Waals surface area contributed by atoms with Crippen LogP contribution in [0.5, 0.6) is 0 Å². The number of nitrogens with zero attached hydrogens (tertiary/aromatic N) is 1. The molecule has 4 heteroatoms. The zero-order valence-corrected chi connectivity index (χ0v) is 16.1. The van der Waals surface area contributed by atoms with Crippen LogP contribution in [-0.4, -0.2) is 24.0 Å². The van der Waals surface area contributed by atoms with Gasteiger partial charge in [-0.3, -0.25) is 10.1 Å². The van der Waals surface area contributed by atoms with Gasteiger partial charge < -0.3 is 9.88 Å². The highest BCUT2D eigenvalue weighted by Crippen LogP contribution is 2.48. The fraction of sp³-hybridized carbons (Fsp3) is 0.348. The van der Waals surface area contributed by atoms with E-state index in [1.807, 2.05) is 17.0 Å². The van der Waals surface area contributed by atoms with Gasteiger partial charge >= 0.3 is 0 Å². The summed E-state index contributed by atoms with van der Waals surface area (Å²) in [5.41, 5.74) is 5.97. The molecule has 0 radical (unpaired) electrons. The van der Waals surface area contributed by atoms with Crippen molar-refractivity contribution in [3.05, 3.63) is 64.8 Å². The van der Waals surface area contributed by atoms with Crippen LogP contribution in [0, 0.1) is 12.8 Å². The monoisotopic (exact) mass is 359 g/mol. The molecule has 1 atom stereocenters. The highest BCUT2D eigenvalue weighted by Gasteiger charge is 2.55. The molecule has 0 aliphatic carbocycles. The average Bonchev–Trinajstić information content (AvgIpc) is 3.13. The quantitative estimate of drug-likeness (QED) is 0.730. The number of para-hydroxylation sites is 1. The molecule has 3 aromatic rings. The Bertz CT molecular complexity index is 1060. The summed E-state index contributed by atoms with van der Waals surface area (Å²) in [6.45, 7) is 7.96. The number of anilines is 1. The van der Waals surface area contributed by atoms with Crippen molar-refractivity contribution in [3.8, 4) is 0 Å². The number of fused-ring (bicyclic) bond motifs is 6. The molecule has 2 aromatic carbocycles. The maximum atomic E-state index is 13.8. The van der Waals surface area contributed by atoms with Crippen molar-refractivity contribution in [1.82, 2.24) is 10.3 Å². The third-order valence-electron chi connectivity index (χ3n) is 5.91. The van der Waals surface area contributed by atoms with Crippen molar-refractivity contribution in [1.29, 1.82) is 0 Å². The molecule has 5 rings (SSSR count). The first-order valence-corrected chi connectivity index (χ1v) is 9.80. The Balaban J connectivity index is 1.79. The molecule has 2 aliphatic rings. The molecule has 0 saturated heterocycles. The summed E-state index contributed by atoms with van der Waals surface area (Å²) in [7, 11) is 0. The molecular weight excluding hydrogens is 334 g/mol. The summed E-state index contributed by atoms with van der Waals surface area (Å²) in [5, 5.41) is 4.86. The molecular formula is C23H25N3O. The SMILES string of the molecule is Cc1ccc2[nH]c3c(c2c1)CCN[C@@]31C(=O)N(CC(C)C)c2ccccc21. The topological polar surface area (TPSA) is 48.1 Å². The second kappa shape index (κ2) is 5.70. The molecule has 0 unspecified atom stereocenters. The summed E-state index contributed by atoms with van der Waals surface area (Å²) >= 11 is 0. The third kappa shape index (κ3) is 2.16. The number of carbonyl (C=O) groups is 1. The average molecular weight is 359 g/mol. The Morgan fingerprint density at radius 3 is 2.81 bits per heavy atom. The minimum Gasteiger partial charge on any atom is -0.356 e. The van der Waals surface area contributed by atoms with Crippen LogP contribution < -0.4 is 10.2 Å². The Kier molecular flexibility index (Phi) is 3.50. The summed E-state index contributed by atoms with van der Waals surface area (Å²) in [5.74, 6) is 0.548. The summed E-state index contributed by atoms with van der Waals surface area (Å²) in [4.78, 5) is 19.4. The molecule has 4 nitrogen and oxygen atoms in total. The van der Waals surface area contributed by atoms with E-state index in [-0.39, 0.29) is 5.91 Å². The van der Waals surface area contributed by atoms with Crippen LogP contribution in [0.4, 0.5) is 5.69 Å². The van der Waals surface area contributed by atoms with E-state index in [2.05, 4.69) is 61.4 Å². The van der Waals surface area contributed by atoms with Crippen LogP contribution in [0.3, 0.4) is 0 Å². The lowest BCUT2D eigenvalue weighted by atomic mass is 9.82. The molecule has 0 saturated carbocycles. The zero-order chi connectivity index (χ0) is 18.8. The summed E-state index contributed by atoms with van der Waals surface area (Å²) < 4.78 is 0. The minimum atomic E-state index is -0.800. The minimum absolute atomic E-state index is 0.140. The van der Waals surface area contributed by atoms with Crippen LogP contribution in [0.25, 0.3) is 10.9 Å². The molecule has 1 amide bonds. The van der Waals surface area contributed by atoms with E-state index >= 15 is 0 Å². The van der Waals surface area contributed by atoms with Gasteiger partial charge in [0.25, 0.3) is 5.91 Å². The molecule has 3 heterocycles. The second-order valence-electron chi connectivity index (χ2n) is 8.28. The third-order valence-corrected chi connectivity index (χ3v) is 5.91. The van der Waals surface area contributed by atoms with Crippen LogP contribution in [0.2, 0.25) is 0 Å². The normalized spacial score (nSPS) is 21.3. The van der Waals surface area contributed by atoms with E-state index in [9.17, 15) is 4.79 Å². The van der Waals surface area contributed by atoms with Gasteiger partial charge in [0.15, 0.2) is 5.54 Å². The number of amides is 1. The van der Waals surface area contributed by atoms with Crippen molar-refractivity contribution in [2.24, 2.45) is 5.92 Å². The van der Waals surface area contributed by atoms with Gasteiger partial charge in [0, 0.05) is 35.2 Å². The van der Waals surface area contributed by atoms with Crippen LogP contribution in [-0.2, 0) is 16.8 Å². The van der Waals surface area contributed by atoms with E-state index in [1.54, 1.807) is 0 Å². The van der Waals surface area contributed by atoms with Crippen molar-refractivity contribution in [2.75, 3.05) is 18.0 Å². The first-order chi connectivity index (χ1) is 13.0. The van der Waals surface area contributed by atoms with Gasteiger partial charge in [-0.2, -0.15) is 0 Å². The number of aromatic nitrogens is 1. The molecule has 0 fully saturated rings. The van der Waals surface area contributed by atoms with E-state index < -0.39 is 5.54 Å². The lowest BCUT2D eigenvalue weighted by molar-refractivity contribution is -0.123. The van der Waals surface area contributed by atoms with Crippen LogP contribution in [0.15, 0.2) is 42.5 Å². The molecule has 2 N–H and O–H groups in total. The van der Waals surface area contributed by atoms with Gasteiger partial charge in [0.2, 0.25) is 0 Å². The lowest BCUT2D eigenvalue weighted by Crippen LogP contribution is -2.55. The number of rotatable bonds is 2. The number of H-pyrrole nitrogens is 1. The predicted octanol–water partition coefficient (Wildman–Crippen LogP) is 3.87. The fourth-order valence-corrected chi connectivity index (χ4v) is 4.82. The molecule has 2 aliphatic heterocycles. The zero-order valence-electron chi connectivity index (χ0n) is 16.1. The first kappa shape index (κ1) is 16.6. The number of nitrogens with one attached hydrogen (secondary N) is 2. The number of aryl methyl sites for hydroxylation is 1. The molecule has 1 spiro atoms. The molecule has 138 valence electrons. The fourth-order valence-electron chi connectivity index (χ4n) is 4.82. The van der Waals surface area contributed by atoms with E-state index in [1.165, 1.54) is 16.5 Å². The van der Waals surface area contributed by atoms with Gasteiger partial charge in [-0.05, 0) is 43.0 Å². The number of hydrogen-bond donors (Lipinski definition) is 2. The van der Waals surface area contributed by atoms with E-state index in [4.69, 9.17) is 0 Å². The lowest BCUT2D eigenvalue weighted by Gasteiger charge is -2.34. The predicted molar refractivity (Wildman–Crippen MR) is 109 cm³/mol. The van der Waals surface area contributed by atoms with Crippen LogP contribution >= 0.6 is 0 Å². The molecule has 27 heavy (non-hydrogen) atoms. The van der Waals surface area contributed by atoms with Gasteiger partial charge in [-0.1, -0.05) is 43.7 Å². The van der Waals surface area contributed by atoms with Crippen molar-refractivity contribution < 1.29 is 4.79 Å². The number of aromatic amines is 1. The van der Waals surface area contributed by atoms with E-state index in [0.29, 0.717) is 5.92 Å². The Morgan fingerprint density at radius 2 is 2.00 bits per heavy atom. The first-order valence-electron chi connectivity index (χ1n) is 9.80. The molecule has 1 aromatic heterocycles. The largest absolute Gasteiger partial charge is 0.356 e. The Morgan fingerprint density at radius 1 is 1.19 bits per heavy atom. The van der Waals surface area contributed by atoms with Crippen LogP contribution in [0.1, 0.15) is 36.2 Å². The Labute approximate surface area is 159 Å². The van der Waals surface area contributed by atoms with Gasteiger partial charge in [0.1, 0.15) is 0 Å². The Hall–Kier alpha value is -2.59. The summed E-state index contributed by atoms with van der Waals surface area (Å²) in [6, 6.07) is 14.7. The number of benzene rings is 2. The number of hydrogen-bond acceptors (Lipinski definition) is 2. The standard InChI is InChI=1S/C23H25N3O/c1-14(2)13-26-20-7-5-4-6-18(20)23(22(26)27)21-16(10-11-24-23)17-12-15(3)8-9-19(17)25-21/h4-9,12,14,24-25H,10-11,13H2,1-3H3/t23-/m1/s1. The maximum absolute atomic E-state index is 13.8. The van der Waals surface area contributed by atoms with Crippen molar-refractivity contribution in [3.63, 3.8) is 0 Å². The molecule has 0 bridgehead atoms. The van der Waals surface area contributed by atoms with Gasteiger partial charge in [-0.15, -0.1) is 0 Å². The second-order valence-corrected chi connectivity index (χ2v) is 8.28. The van der Waals surface area contributed by atoms with Gasteiger partial charge in [0.05, 0.1) is 5.69 Å². The van der Waals surface area contributed by atoms with Crippen molar-refractivity contribution >= 4 is 22.5 Å². The van der Waals surface area contributed by atoms with Crippen molar-refractivity contribution in [2.45, 2.75) is 32.7 Å².